The lowest BCUT2D eigenvalue weighted by Gasteiger charge is -2.32. The average molecular weight is 458 g/mol. The molecule has 0 amide bonds. The van der Waals surface area contributed by atoms with Gasteiger partial charge in [0, 0.05) is 18.2 Å². The number of nitrogens with zero attached hydrogens (tertiary/aromatic N) is 3. The summed E-state index contributed by atoms with van der Waals surface area (Å²) < 4.78 is 11.0. The van der Waals surface area contributed by atoms with Gasteiger partial charge in [0.05, 0.1) is 19.9 Å². The summed E-state index contributed by atoms with van der Waals surface area (Å²) >= 11 is 0. The topological polar surface area (TPSA) is 54.4 Å². The Bertz CT molecular complexity index is 1160. The van der Waals surface area contributed by atoms with Crippen molar-refractivity contribution >= 4 is 23.0 Å². The van der Waals surface area contributed by atoms with Crippen LogP contribution in [0.3, 0.4) is 0 Å². The normalized spacial score (nSPS) is 15.3. The number of ether oxygens (including phenoxy) is 2. The molecule has 0 bridgehead atoms. The van der Waals surface area contributed by atoms with Crippen molar-refractivity contribution in [2.24, 2.45) is 5.10 Å². The van der Waals surface area contributed by atoms with Crippen molar-refractivity contribution in [1.29, 1.82) is 0 Å². The summed E-state index contributed by atoms with van der Waals surface area (Å²) in [5, 5.41) is 6.69. The molecule has 3 aromatic rings. The van der Waals surface area contributed by atoms with Gasteiger partial charge < -0.3 is 9.47 Å². The number of hydrogen-bond donors (Lipinski definition) is 0. The van der Waals surface area contributed by atoms with E-state index in [2.05, 4.69) is 31.2 Å². The molecule has 0 saturated carbocycles. The lowest BCUT2D eigenvalue weighted by molar-refractivity contribution is -0.111. The quantitative estimate of drug-likeness (QED) is 0.396. The number of para-hydroxylation sites is 1. The predicted molar refractivity (Wildman–Crippen MR) is 137 cm³/mol. The van der Waals surface area contributed by atoms with Crippen LogP contribution in [0.1, 0.15) is 44.0 Å². The van der Waals surface area contributed by atoms with Gasteiger partial charge >= 0.3 is 0 Å². The van der Waals surface area contributed by atoms with Gasteiger partial charge in [-0.2, -0.15) is 0 Å². The summed E-state index contributed by atoms with van der Waals surface area (Å²) in [7, 11) is 3.24. The molecule has 34 heavy (non-hydrogen) atoms. The third-order valence-corrected chi connectivity index (χ3v) is 5.98. The summed E-state index contributed by atoms with van der Waals surface area (Å²) in [4.78, 5) is 14.8. The number of Topliss-reactive ketones (excluding diaryl/α,β-unsaturated/α-hetero) is 1. The van der Waals surface area contributed by atoms with E-state index in [9.17, 15) is 4.79 Å². The van der Waals surface area contributed by atoms with E-state index in [1.807, 2.05) is 58.4 Å². The molecule has 1 aliphatic rings. The van der Waals surface area contributed by atoms with Gasteiger partial charge in [-0.1, -0.05) is 49.7 Å². The number of hydrazone groups is 1. The Morgan fingerprint density at radius 2 is 1.62 bits per heavy atom. The lowest BCUT2D eigenvalue weighted by atomic mass is 10.1. The maximum atomic E-state index is 12.8. The Labute approximate surface area is 201 Å². The second kappa shape index (κ2) is 10.4. The van der Waals surface area contributed by atoms with Crippen molar-refractivity contribution in [2.45, 2.75) is 39.3 Å². The number of aryl methyl sites for hydroxylation is 1. The van der Waals surface area contributed by atoms with Crippen molar-refractivity contribution in [3.63, 3.8) is 0 Å². The summed E-state index contributed by atoms with van der Waals surface area (Å²) in [6, 6.07) is 24.1. The van der Waals surface area contributed by atoms with E-state index in [0.717, 1.165) is 36.2 Å². The van der Waals surface area contributed by atoms with Crippen LogP contribution in [-0.4, -0.2) is 25.8 Å². The van der Waals surface area contributed by atoms with Gasteiger partial charge in [0.25, 0.3) is 0 Å². The second-order valence-corrected chi connectivity index (χ2v) is 8.29. The fraction of sp³-hybridized carbons (Fsp3) is 0.286. The minimum Gasteiger partial charge on any atom is -0.493 e. The zero-order valence-electron chi connectivity index (χ0n) is 20.2. The highest BCUT2D eigenvalue weighted by Gasteiger charge is 2.39. The monoisotopic (exact) mass is 457 g/mol. The molecule has 0 spiro atoms. The zero-order chi connectivity index (χ0) is 24.1. The smallest absolute Gasteiger partial charge is 0.198 e. The standard InChI is InChI=1S/C28H31N3O3/c1-5-6-10-21-13-16-23(17-14-21)30-27(20(2)32)29-31(24-11-8-7-9-12-24)28(30)22-15-18-25(33-3)26(19-22)34-4/h7-9,11-19,28H,5-6,10H2,1-4H3. The SMILES string of the molecule is CCCCc1ccc(N2C(C(C)=O)=NN(c3ccccc3)C2c2ccc(OC)c(OC)c2)cc1. The van der Waals surface area contributed by atoms with E-state index in [0.29, 0.717) is 17.3 Å². The molecule has 0 radical (unpaired) electrons. The fourth-order valence-corrected chi connectivity index (χ4v) is 4.22. The fourth-order valence-electron chi connectivity index (χ4n) is 4.22. The lowest BCUT2D eigenvalue weighted by Crippen LogP contribution is -2.37. The number of carbonyl (C=O) groups is 1. The largest absolute Gasteiger partial charge is 0.493 e. The van der Waals surface area contributed by atoms with Gasteiger partial charge in [-0.25, -0.2) is 5.01 Å². The van der Waals surface area contributed by atoms with Crippen molar-refractivity contribution in [1.82, 2.24) is 0 Å². The maximum absolute atomic E-state index is 12.8. The molecular weight excluding hydrogens is 426 g/mol. The van der Waals surface area contributed by atoms with E-state index >= 15 is 0 Å². The van der Waals surface area contributed by atoms with Gasteiger partial charge in [-0.3, -0.25) is 9.69 Å². The van der Waals surface area contributed by atoms with Crippen LogP contribution in [-0.2, 0) is 11.2 Å². The van der Waals surface area contributed by atoms with Gasteiger partial charge in [0.15, 0.2) is 29.3 Å². The van der Waals surface area contributed by atoms with Gasteiger partial charge in [-0.15, -0.1) is 5.10 Å². The van der Waals surface area contributed by atoms with E-state index in [1.165, 1.54) is 5.56 Å². The highest BCUT2D eigenvalue weighted by molar-refractivity contribution is 6.44. The van der Waals surface area contributed by atoms with Crippen molar-refractivity contribution < 1.29 is 14.3 Å². The first kappa shape index (κ1) is 23.4. The molecule has 1 heterocycles. The second-order valence-electron chi connectivity index (χ2n) is 8.29. The molecule has 1 aliphatic heterocycles. The maximum Gasteiger partial charge on any atom is 0.198 e. The zero-order valence-corrected chi connectivity index (χ0v) is 20.2. The van der Waals surface area contributed by atoms with Crippen LogP contribution in [0.25, 0.3) is 0 Å². The molecule has 0 N–H and O–H groups in total. The number of carbonyl (C=O) groups excluding carboxylic acids is 1. The van der Waals surface area contributed by atoms with Gasteiger partial charge in [0.1, 0.15) is 0 Å². The number of rotatable bonds is 9. The van der Waals surface area contributed by atoms with Gasteiger partial charge in [0.2, 0.25) is 0 Å². The number of unbranched alkanes of at least 4 members (excludes halogenated alkanes) is 1. The van der Waals surface area contributed by atoms with Crippen LogP contribution < -0.4 is 19.4 Å². The third-order valence-electron chi connectivity index (χ3n) is 5.98. The van der Waals surface area contributed by atoms with Crippen LogP contribution in [0.15, 0.2) is 77.9 Å². The number of hydrogen-bond acceptors (Lipinski definition) is 6. The minimum absolute atomic E-state index is 0.0982. The molecule has 4 rings (SSSR count). The molecular formula is C28H31N3O3. The molecule has 6 heteroatoms. The van der Waals surface area contributed by atoms with E-state index in [-0.39, 0.29) is 11.9 Å². The Kier molecular flexibility index (Phi) is 7.16. The Balaban J connectivity index is 1.84. The first-order valence-electron chi connectivity index (χ1n) is 11.6. The van der Waals surface area contributed by atoms with Crippen LogP contribution in [0, 0.1) is 0 Å². The number of methoxy groups -OCH3 is 2. The molecule has 0 aliphatic carbocycles. The number of amidine groups is 1. The molecule has 0 aromatic heterocycles. The van der Waals surface area contributed by atoms with Crippen molar-refractivity contribution in [3.05, 3.63) is 83.9 Å². The Morgan fingerprint density at radius 1 is 0.912 bits per heavy atom. The summed E-state index contributed by atoms with van der Waals surface area (Å²) in [5.74, 6) is 1.57. The van der Waals surface area contributed by atoms with Gasteiger partial charge in [-0.05, 0) is 54.8 Å². The van der Waals surface area contributed by atoms with E-state index < -0.39 is 0 Å². The minimum atomic E-state index is -0.373. The highest BCUT2D eigenvalue weighted by Crippen LogP contribution is 2.41. The number of ketones is 1. The first-order valence-corrected chi connectivity index (χ1v) is 11.6. The van der Waals surface area contributed by atoms with Crippen LogP contribution in [0.5, 0.6) is 11.5 Å². The van der Waals surface area contributed by atoms with E-state index in [1.54, 1.807) is 21.1 Å². The predicted octanol–water partition coefficient (Wildman–Crippen LogP) is 5.97. The molecule has 1 unspecified atom stereocenters. The Morgan fingerprint density at radius 3 is 2.24 bits per heavy atom. The molecule has 6 nitrogen and oxygen atoms in total. The number of anilines is 2. The highest BCUT2D eigenvalue weighted by atomic mass is 16.5. The van der Waals surface area contributed by atoms with Crippen LogP contribution >= 0.6 is 0 Å². The molecule has 0 fully saturated rings. The summed E-state index contributed by atoms with van der Waals surface area (Å²) in [6.45, 7) is 3.75. The Hall–Kier alpha value is -3.80. The van der Waals surface area contributed by atoms with Crippen LogP contribution in [0.4, 0.5) is 11.4 Å². The molecule has 3 aromatic carbocycles. The molecule has 176 valence electrons. The van der Waals surface area contributed by atoms with E-state index in [4.69, 9.17) is 14.6 Å². The third kappa shape index (κ3) is 4.62. The first-order chi connectivity index (χ1) is 16.6. The summed E-state index contributed by atoms with van der Waals surface area (Å²) in [5.41, 5.74) is 4.01. The van der Waals surface area contributed by atoms with Crippen molar-refractivity contribution in [2.75, 3.05) is 24.1 Å². The molecule has 0 saturated heterocycles. The summed E-state index contributed by atoms with van der Waals surface area (Å²) in [6.07, 6.45) is 2.98. The molecule has 1 atom stereocenters. The average Bonchev–Trinajstić information content (AvgIpc) is 3.29. The van der Waals surface area contributed by atoms with Crippen LogP contribution in [0.2, 0.25) is 0 Å². The number of benzene rings is 3. The van der Waals surface area contributed by atoms with Crippen molar-refractivity contribution in [3.8, 4) is 11.5 Å².